The highest BCUT2D eigenvalue weighted by molar-refractivity contribution is 6.36. The third-order valence-corrected chi connectivity index (χ3v) is 3.57. The van der Waals surface area contributed by atoms with E-state index < -0.39 is 7.47 Å². The van der Waals surface area contributed by atoms with Gasteiger partial charge < -0.3 is 4.65 Å². The minimum Gasteiger partial charge on any atom is -0.505 e. The zero-order valence-electron chi connectivity index (χ0n) is 12.4. The molecule has 0 amide bonds. The molecular formula is C18H13BF2O2. The molecule has 0 atom stereocenters. The number of benzene rings is 3. The van der Waals surface area contributed by atoms with Crippen LogP contribution in [0.3, 0.4) is 0 Å². The molecule has 23 heavy (non-hydrogen) atoms. The molecule has 3 rings (SSSR count). The first-order valence-electron chi connectivity index (χ1n) is 7.14. The van der Waals surface area contributed by atoms with Crippen LogP contribution < -0.4 is 0 Å². The monoisotopic (exact) mass is 310 g/mol. The number of hydrogen-bond acceptors (Lipinski definition) is 2. The van der Waals surface area contributed by atoms with Crippen molar-refractivity contribution in [2.45, 2.75) is 6.92 Å². The summed E-state index contributed by atoms with van der Waals surface area (Å²) in [5.74, 6) is -0.460. The second-order valence-corrected chi connectivity index (χ2v) is 5.19. The van der Waals surface area contributed by atoms with Crippen molar-refractivity contribution in [3.63, 3.8) is 0 Å². The minimum atomic E-state index is -3.00. The standard InChI is InChI=1S/C18H13BF2O2/c1-12(22)10-17(23-19(20)21)18-15-8-4-2-6-13(15)11-14-7-3-5-9-16(14)18/h2-11H,1H3/b17-10-. The summed E-state index contributed by atoms with van der Waals surface area (Å²) in [4.78, 5) is 11.5. The number of ketones is 1. The summed E-state index contributed by atoms with van der Waals surface area (Å²) < 4.78 is 30.4. The van der Waals surface area contributed by atoms with Crippen molar-refractivity contribution in [3.05, 3.63) is 66.2 Å². The molecule has 114 valence electrons. The Labute approximate surface area is 132 Å². The van der Waals surface area contributed by atoms with Gasteiger partial charge >= 0.3 is 7.47 Å². The lowest BCUT2D eigenvalue weighted by atomic mass is 9.95. The number of hydrogen-bond donors (Lipinski definition) is 0. The lowest BCUT2D eigenvalue weighted by Crippen LogP contribution is -2.06. The fourth-order valence-corrected chi connectivity index (χ4v) is 2.72. The van der Waals surface area contributed by atoms with Gasteiger partial charge in [0.05, 0.1) is 0 Å². The zero-order chi connectivity index (χ0) is 16.4. The maximum atomic E-state index is 12.8. The highest BCUT2D eigenvalue weighted by Gasteiger charge is 2.23. The predicted molar refractivity (Wildman–Crippen MR) is 89.2 cm³/mol. The summed E-state index contributed by atoms with van der Waals surface area (Å²) in [5, 5.41) is 3.32. The molecular weight excluding hydrogens is 297 g/mol. The molecule has 5 heteroatoms. The number of rotatable bonds is 4. The van der Waals surface area contributed by atoms with Crippen molar-refractivity contribution in [3.8, 4) is 0 Å². The van der Waals surface area contributed by atoms with E-state index in [1.807, 2.05) is 54.6 Å². The summed E-state index contributed by atoms with van der Waals surface area (Å²) in [6, 6.07) is 16.9. The van der Waals surface area contributed by atoms with Crippen LogP contribution in [0, 0.1) is 0 Å². The Balaban J connectivity index is 2.41. The molecule has 3 aromatic rings. The van der Waals surface area contributed by atoms with Crippen LogP contribution in [0.1, 0.15) is 12.5 Å². The highest BCUT2D eigenvalue weighted by Crippen LogP contribution is 2.34. The Morgan fingerprint density at radius 2 is 1.52 bits per heavy atom. The van der Waals surface area contributed by atoms with Crippen molar-refractivity contribution in [1.29, 1.82) is 0 Å². The van der Waals surface area contributed by atoms with Gasteiger partial charge in [-0.1, -0.05) is 48.5 Å². The average Bonchev–Trinajstić information content (AvgIpc) is 2.51. The quantitative estimate of drug-likeness (QED) is 0.298. The van der Waals surface area contributed by atoms with Crippen LogP contribution in [-0.2, 0) is 9.45 Å². The largest absolute Gasteiger partial charge is 0.796 e. The molecule has 0 aliphatic rings. The topological polar surface area (TPSA) is 26.3 Å². The van der Waals surface area contributed by atoms with E-state index in [1.54, 1.807) is 0 Å². The van der Waals surface area contributed by atoms with Crippen molar-refractivity contribution in [2.75, 3.05) is 0 Å². The van der Waals surface area contributed by atoms with E-state index in [0.29, 0.717) is 5.56 Å². The van der Waals surface area contributed by atoms with E-state index in [9.17, 15) is 13.4 Å². The molecule has 2 nitrogen and oxygen atoms in total. The number of carbonyl (C=O) groups is 1. The van der Waals surface area contributed by atoms with Crippen molar-refractivity contribution in [1.82, 2.24) is 0 Å². The molecule has 3 aromatic carbocycles. The molecule has 0 heterocycles. The van der Waals surface area contributed by atoms with E-state index >= 15 is 0 Å². The first kappa shape index (κ1) is 15.2. The van der Waals surface area contributed by atoms with Crippen LogP contribution in [0.5, 0.6) is 0 Å². The number of allylic oxidation sites excluding steroid dienone is 1. The van der Waals surface area contributed by atoms with Gasteiger partial charge in [-0.05, 0) is 34.5 Å². The third-order valence-electron chi connectivity index (χ3n) is 3.57. The van der Waals surface area contributed by atoms with Crippen LogP contribution in [0.2, 0.25) is 0 Å². The molecule has 0 N–H and O–H groups in total. The molecule has 0 saturated carbocycles. The van der Waals surface area contributed by atoms with Gasteiger partial charge in [-0.3, -0.25) is 4.79 Å². The number of carbonyl (C=O) groups excluding carboxylic acids is 1. The maximum absolute atomic E-state index is 12.8. The molecule has 0 spiro atoms. The third kappa shape index (κ3) is 3.09. The van der Waals surface area contributed by atoms with Gasteiger partial charge in [0.2, 0.25) is 0 Å². The van der Waals surface area contributed by atoms with Crippen LogP contribution in [0.4, 0.5) is 8.63 Å². The smallest absolute Gasteiger partial charge is 0.505 e. The molecule has 0 saturated heterocycles. The van der Waals surface area contributed by atoms with Crippen LogP contribution >= 0.6 is 0 Å². The highest BCUT2D eigenvalue weighted by atomic mass is 19.2. The normalized spacial score (nSPS) is 11.7. The second kappa shape index (κ2) is 6.20. The number of fused-ring (bicyclic) bond motifs is 2. The van der Waals surface area contributed by atoms with Gasteiger partial charge in [-0.25, -0.2) is 8.63 Å². The van der Waals surface area contributed by atoms with Crippen LogP contribution in [0.25, 0.3) is 27.3 Å². The molecule has 0 aromatic heterocycles. The molecule has 0 aliphatic carbocycles. The second-order valence-electron chi connectivity index (χ2n) is 5.19. The Bertz CT molecular complexity index is 865. The van der Waals surface area contributed by atoms with Gasteiger partial charge in [0.25, 0.3) is 0 Å². The fraction of sp³-hybridized carbons (Fsp3) is 0.0556. The van der Waals surface area contributed by atoms with Gasteiger partial charge in [0, 0.05) is 11.6 Å². The molecule has 0 aliphatic heterocycles. The van der Waals surface area contributed by atoms with E-state index in [-0.39, 0.29) is 11.5 Å². The van der Waals surface area contributed by atoms with Gasteiger partial charge in [0.1, 0.15) is 5.76 Å². The van der Waals surface area contributed by atoms with Crippen molar-refractivity contribution < 1.29 is 18.1 Å². The SMILES string of the molecule is CC(=O)/C=C(\OB(F)F)c1c2ccccc2cc2ccccc12. The maximum Gasteiger partial charge on any atom is 0.796 e. The predicted octanol–water partition coefficient (Wildman–Crippen LogP) is 4.86. The Morgan fingerprint density at radius 3 is 2.00 bits per heavy atom. The number of halogens is 2. The molecule has 0 unspecified atom stereocenters. The minimum absolute atomic E-state index is 0.111. The summed E-state index contributed by atoms with van der Waals surface area (Å²) in [7, 11) is -3.00. The van der Waals surface area contributed by atoms with E-state index in [1.165, 1.54) is 6.92 Å². The van der Waals surface area contributed by atoms with E-state index in [2.05, 4.69) is 4.65 Å². The average molecular weight is 310 g/mol. The van der Waals surface area contributed by atoms with Gasteiger partial charge in [-0.15, -0.1) is 0 Å². The lowest BCUT2D eigenvalue weighted by molar-refractivity contribution is -0.112. The summed E-state index contributed by atoms with van der Waals surface area (Å²) in [6.45, 7) is 1.31. The summed E-state index contributed by atoms with van der Waals surface area (Å²) in [6.07, 6.45) is 1.11. The summed E-state index contributed by atoms with van der Waals surface area (Å²) >= 11 is 0. The molecule has 0 radical (unpaired) electrons. The zero-order valence-corrected chi connectivity index (χ0v) is 12.4. The Kier molecular flexibility index (Phi) is 4.11. The Hall–Kier alpha value is -2.69. The fourth-order valence-electron chi connectivity index (χ4n) is 2.72. The van der Waals surface area contributed by atoms with Crippen LogP contribution in [0.15, 0.2) is 60.7 Å². The first-order chi connectivity index (χ1) is 11.1. The lowest BCUT2D eigenvalue weighted by Gasteiger charge is -2.15. The molecule has 0 bridgehead atoms. The van der Waals surface area contributed by atoms with Crippen molar-refractivity contribution >= 4 is 40.6 Å². The molecule has 0 fully saturated rings. The van der Waals surface area contributed by atoms with E-state index in [4.69, 9.17) is 0 Å². The van der Waals surface area contributed by atoms with Crippen molar-refractivity contribution in [2.24, 2.45) is 0 Å². The van der Waals surface area contributed by atoms with Gasteiger partial charge in [-0.2, -0.15) is 0 Å². The van der Waals surface area contributed by atoms with Crippen LogP contribution in [-0.4, -0.2) is 13.3 Å². The first-order valence-corrected chi connectivity index (χ1v) is 7.14. The Morgan fingerprint density at radius 1 is 1.00 bits per heavy atom. The van der Waals surface area contributed by atoms with Gasteiger partial charge in [0.15, 0.2) is 5.78 Å². The summed E-state index contributed by atoms with van der Waals surface area (Å²) in [5.41, 5.74) is 0.509. The van der Waals surface area contributed by atoms with E-state index in [0.717, 1.165) is 27.6 Å².